The van der Waals surface area contributed by atoms with Crippen LogP contribution in [0.2, 0.25) is 0 Å². The van der Waals surface area contributed by atoms with Gasteiger partial charge >= 0.3 is 0 Å². The molecular weight excluding hydrogens is 164 g/mol. The lowest BCUT2D eigenvalue weighted by Gasteiger charge is -1.97. The summed E-state index contributed by atoms with van der Waals surface area (Å²) >= 11 is 1.68. The molecule has 0 atom stereocenters. The molecule has 0 fully saturated rings. The molecule has 0 aromatic carbocycles. The highest BCUT2D eigenvalue weighted by Crippen LogP contribution is 2.10. The van der Waals surface area contributed by atoms with E-state index in [2.05, 4.69) is 23.8 Å². The third-order valence-electron chi connectivity index (χ3n) is 2.09. The van der Waals surface area contributed by atoms with Crippen LogP contribution in [-0.2, 0) is 6.42 Å². The van der Waals surface area contributed by atoms with Crippen molar-refractivity contribution in [3.8, 4) is 0 Å². The minimum Gasteiger partial charge on any atom is -0.143 e. The molecule has 0 N–H and O–H groups in total. The molecule has 0 bridgehead atoms. The Bertz CT molecular complexity index is 177. The maximum Gasteiger partial charge on any atom is 0.0445 e. The van der Waals surface area contributed by atoms with E-state index in [1.54, 1.807) is 11.3 Å². The fraction of sp³-hybridized carbons (Fsp3) is 0.636. The van der Waals surface area contributed by atoms with Gasteiger partial charge in [-0.25, -0.2) is 0 Å². The first-order valence-electron chi connectivity index (χ1n) is 4.87. The minimum atomic E-state index is 1.25. The summed E-state index contributed by atoms with van der Waals surface area (Å²) < 4.78 is 0. The normalized spacial score (nSPS) is 10.4. The van der Waals surface area contributed by atoms with Crippen LogP contribution in [0.3, 0.4) is 0 Å². The van der Waals surface area contributed by atoms with Crippen LogP contribution >= 0.6 is 11.3 Å². The molecule has 0 spiro atoms. The van der Waals surface area contributed by atoms with Gasteiger partial charge in [-0.15, -0.1) is 11.3 Å². The molecule has 0 nitrogen and oxygen atoms in total. The van der Waals surface area contributed by atoms with Crippen molar-refractivity contribution < 1.29 is 0 Å². The summed E-state index contributed by atoms with van der Waals surface area (Å²) in [6.45, 7) is 2.26. The van der Waals surface area contributed by atoms with Gasteiger partial charge in [-0.2, -0.15) is 0 Å². The van der Waals surface area contributed by atoms with Crippen molar-refractivity contribution in [2.24, 2.45) is 0 Å². The molecule has 1 aromatic heterocycles. The van der Waals surface area contributed by atoms with Crippen LogP contribution < -0.4 is 0 Å². The fourth-order valence-electron chi connectivity index (χ4n) is 1.32. The molecule has 0 saturated carbocycles. The van der Waals surface area contributed by atoms with Gasteiger partial charge in [0.05, 0.1) is 0 Å². The monoisotopic (exact) mass is 181 g/mol. The summed E-state index contributed by atoms with van der Waals surface area (Å²) in [4.78, 5) is 0. The summed E-state index contributed by atoms with van der Waals surface area (Å²) in [7, 11) is 0. The highest BCUT2D eigenvalue weighted by Gasteiger charge is 1.93. The molecule has 12 heavy (non-hydrogen) atoms. The molecule has 0 aliphatic carbocycles. The zero-order valence-corrected chi connectivity index (χ0v) is 8.62. The number of hydrogen-bond donors (Lipinski definition) is 0. The first kappa shape index (κ1) is 9.79. The topological polar surface area (TPSA) is 0 Å². The summed E-state index contributed by atoms with van der Waals surface area (Å²) in [6.07, 6.45) is 8.14. The molecule has 1 aromatic rings. The molecule has 0 unspecified atom stereocenters. The van der Waals surface area contributed by atoms with Gasteiger partial charge < -0.3 is 0 Å². The third-order valence-corrected chi connectivity index (χ3v) is 2.77. The lowest BCUT2D eigenvalue weighted by molar-refractivity contribution is 0.632. The second-order valence-electron chi connectivity index (χ2n) is 3.24. The molecule has 1 heteroatoms. The van der Waals surface area contributed by atoms with E-state index in [0.29, 0.717) is 0 Å². The van der Waals surface area contributed by atoms with Crippen LogP contribution in [-0.4, -0.2) is 0 Å². The molecule has 1 radical (unpaired) electrons. The van der Waals surface area contributed by atoms with Crippen LogP contribution in [0.1, 0.15) is 44.6 Å². The average molecular weight is 181 g/mol. The third kappa shape index (κ3) is 3.91. The van der Waals surface area contributed by atoms with Gasteiger partial charge in [0.15, 0.2) is 0 Å². The van der Waals surface area contributed by atoms with Gasteiger partial charge in [0, 0.05) is 5.38 Å². The number of hydrogen-bond acceptors (Lipinski definition) is 1. The van der Waals surface area contributed by atoms with Gasteiger partial charge in [0.25, 0.3) is 0 Å². The lowest BCUT2D eigenvalue weighted by atomic mass is 10.1. The Morgan fingerprint density at radius 2 is 2.08 bits per heavy atom. The maximum absolute atomic E-state index is 3.12. The quantitative estimate of drug-likeness (QED) is 0.580. The zero-order valence-electron chi connectivity index (χ0n) is 7.81. The predicted molar refractivity (Wildman–Crippen MR) is 55.6 cm³/mol. The number of unbranched alkanes of at least 4 members (excludes halogenated alkanes) is 4. The Balaban J connectivity index is 1.96. The summed E-state index contributed by atoms with van der Waals surface area (Å²) in [5.74, 6) is 0. The predicted octanol–water partition coefficient (Wildman–Crippen LogP) is 4.06. The van der Waals surface area contributed by atoms with Crippen LogP contribution in [0.25, 0.3) is 0 Å². The Morgan fingerprint density at radius 3 is 2.75 bits per heavy atom. The zero-order chi connectivity index (χ0) is 8.65. The number of rotatable bonds is 6. The smallest absolute Gasteiger partial charge is 0.0445 e. The van der Waals surface area contributed by atoms with Crippen LogP contribution in [0.5, 0.6) is 0 Å². The standard InChI is InChI=1S/C11H17S/c1-2-3-4-5-6-7-11-8-9-12-10-11/h8,10H,2-7H2,1H3. The van der Waals surface area contributed by atoms with E-state index in [4.69, 9.17) is 0 Å². The van der Waals surface area contributed by atoms with Crippen molar-refractivity contribution in [2.75, 3.05) is 0 Å². The largest absolute Gasteiger partial charge is 0.143 e. The summed E-state index contributed by atoms with van der Waals surface area (Å²) in [5, 5.41) is 5.33. The summed E-state index contributed by atoms with van der Waals surface area (Å²) in [6, 6.07) is 2.12. The van der Waals surface area contributed by atoms with Gasteiger partial charge in [-0.1, -0.05) is 32.6 Å². The lowest BCUT2D eigenvalue weighted by Crippen LogP contribution is -1.82. The van der Waals surface area contributed by atoms with Crippen LogP contribution in [0.4, 0.5) is 0 Å². The second kappa shape index (κ2) is 6.24. The van der Waals surface area contributed by atoms with E-state index in [-0.39, 0.29) is 0 Å². The fourth-order valence-corrected chi connectivity index (χ4v) is 1.94. The molecule has 67 valence electrons. The van der Waals surface area contributed by atoms with Crippen molar-refractivity contribution >= 4 is 11.3 Å². The average Bonchev–Trinajstić information content (AvgIpc) is 2.57. The summed E-state index contributed by atoms with van der Waals surface area (Å²) in [5.41, 5.74) is 1.47. The first-order chi connectivity index (χ1) is 5.93. The Hall–Kier alpha value is -0.300. The van der Waals surface area contributed by atoms with E-state index in [1.165, 1.54) is 44.1 Å². The molecule has 1 rings (SSSR count). The highest BCUT2D eigenvalue weighted by molar-refractivity contribution is 7.07. The van der Waals surface area contributed by atoms with Gasteiger partial charge in [-0.05, 0) is 29.9 Å². The van der Waals surface area contributed by atoms with Crippen molar-refractivity contribution in [3.05, 3.63) is 22.4 Å². The maximum atomic E-state index is 3.12. The Labute approximate surface area is 79.6 Å². The van der Waals surface area contributed by atoms with E-state index in [1.807, 2.05) is 0 Å². The van der Waals surface area contributed by atoms with Gasteiger partial charge in [-0.3, -0.25) is 0 Å². The first-order valence-corrected chi connectivity index (χ1v) is 5.75. The van der Waals surface area contributed by atoms with E-state index in [9.17, 15) is 0 Å². The van der Waals surface area contributed by atoms with Crippen molar-refractivity contribution in [1.29, 1.82) is 0 Å². The molecule has 0 amide bonds. The van der Waals surface area contributed by atoms with Crippen molar-refractivity contribution in [1.82, 2.24) is 0 Å². The highest BCUT2D eigenvalue weighted by atomic mass is 32.1. The molecule has 0 aliphatic rings. The van der Waals surface area contributed by atoms with Crippen molar-refractivity contribution in [3.63, 3.8) is 0 Å². The minimum absolute atomic E-state index is 1.25. The molecule has 0 aliphatic heterocycles. The van der Waals surface area contributed by atoms with Gasteiger partial charge in [0.1, 0.15) is 0 Å². The Morgan fingerprint density at radius 1 is 1.25 bits per heavy atom. The van der Waals surface area contributed by atoms with E-state index < -0.39 is 0 Å². The molecular formula is C11H17S. The van der Waals surface area contributed by atoms with Crippen LogP contribution in [0, 0.1) is 5.38 Å². The SMILES string of the molecule is CCCCCCCc1c[c]sc1. The molecule has 0 saturated heterocycles. The molecule has 1 heterocycles. The van der Waals surface area contributed by atoms with E-state index >= 15 is 0 Å². The number of aryl methyl sites for hydroxylation is 1. The second-order valence-corrected chi connectivity index (χ2v) is 3.94. The van der Waals surface area contributed by atoms with Crippen LogP contribution in [0.15, 0.2) is 11.4 Å². The number of thiophene rings is 1. The Kier molecular flexibility index (Phi) is 5.09. The van der Waals surface area contributed by atoms with E-state index in [0.717, 1.165) is 0 Å². The van der Waals surface area contributed by atoms with Gasteiger partial charge in [0.2, 0.25) is 0 Å². The van der Waals surface area contributed by atoms with Crippen molar-refractivity contribution in [2.45, 2.75) is 45.4 Å².